The summed E-state index contributed by atoms with van der Waals surface area (Å²) in [6.07, 6.45) is 0. The minimum absolute atomic E-state index is 1.16. The van der Waals surface area contributed by atoms with Crippen LogP contribution >= 0.6 is 0 Å². The predicted octanol–water partition coefficient (Wildman–Crippen LogP) is 13.7. The number of hydrogen-bond acceptors (Lipinski definition) is 1. The average molecular weight is 657 g/mol. The number of nitrogens with zero attached hydrogens (tertiary/aromatic N) is 2. The van der Waals surface area contributed by atoms with Crippen LogP contribution in [0.25, 0.3) is 71.6 Å². The van der Waals surface area contributed by atoms with Crippen molar-refractivity contribution in [1.82, 2.24) is 4.57 Å². The van der Waals surface area contributed by atoms with Gasteiger partial charge in [0.2, 0.25) is 0 Å². The number of rotatable bonds is 6. The van der Waals surface area contributed by atoms with Crippen molar-refractivity contribution >= 4 is 44.0 Å². The van der Waals surface area contributed by atoms with Gasteiger partial charge in [0.1, 0.15) is 0 Å². The maximum Gasteiger partial charge on any atom is 0.0547 e. The number of aromatic nitrogens is 1. The Labute approximate surface area is 300 Å². The Kier molecular flexibility index (Phi) is 8.66. The Morgan fingerprint density at radius 1 is 0.373 bits per heavy atom. The summed E-state index contributed by atoms with van der Waals surface area (Å²) in [6.45, 7) is 4.00. The summed E-state index contributed by atoms with van der Waals surface area (Å²) in [5, 5.41) is 5.08. The SMILES string of the molecule is CC.CN(c1ccccc1)c1ccc(-c2ccc(-c3ccc4c(c3)c3c5ccccc5ccc3n4-c3cccc(-c4ccccc4)c3)cc2)cc1. The Balaban J connectivity index is 0.00000184. The van der Waals surface area contributed by atoms with E-state index in [4.69, 9.17) is 0 Å². The third-order valence-corrected chi connectivity index (χ3v) is 9.82. The van der Waals surface area contributed by atoms with Gasteiger partial charge in [-0.3, -0.25) is 0 Å². The number of benzene rings is 8. The fourth-order valence-corrected chi connectivity index (χ4v) is 7.24. The highest BCUT2D eigenvalue weighted by Crippen LogP contribution is 2.39. The summed E-state index contributed by atoms with van der Waals surface area (Å²) in [5.74, 6) is 0. The zero-order valence-electron chi connectivity index (χ0n) is 29.3. The van der Waals surface area contributed by atoms with Crippen molar-refractivity contribution in [2.24, 2.45) is 0 Å². The van der Waals surface area contributed by atoms with Gasteiger partial charge in [0.15, 0.2) is 0 Å². The molecule has 0 amide bonds. The summed E-state index contributed by atoms with van der Waals surface area (Å²) in [4.78, 5) is 2.21. The van der Waals surface area contributed by atoms with Gasteiger partial charge >= 0.3 is 0 Å². The molecule has 51 heavy (non-hydrogen) atoms. The van der Waals surface area contributed by atoms with Gasteiger partial charge in [-0.2, -0.15) is 0 Å². The molecule has 0 bridgehead atoms. The molecule has 9 rings (SSSR count). The molecule has 0 atom stereocenters. The summed E-state index contributed by atoms with van der Waals surface area (Å²) in [5.41, 5.74) is 13.2. The Hall–Kier alpha value is -6.38. The second-order valence-corrected chi connectivity index (χ2v) is 12.7. The molecule has 2 nitrogen and oxygen atoms in total. The lowest BCUT2D eigenvalue weighted by atomic mass is 9.98. The average Bonchev–Trinajstić information content (AvgIpc) is 3.56. The third-order valence-electron chi connectivity index (χ3n) is 9.82. The highest BCUT2D eigenvalue weighted by Gasteiger charge is 2.16. The molecule has 0 aliphatic heterocycles. The lowest BCUT2D eigenvalue weighted by Gasteiger charge is -2.19. The summed E-state index contributed by atoms with van der Waals surface area (Å²) >= 11 is 0. The van der Waals surface area contributed by atoms with Gasteiger partial charge in [-0.05, 0) is 98.8 Å². The number of fused-ring (bicyclic) bond motifs is 5. The number of para-hydroxylation sites is 1. The minimum atomic E-state index is 1.16. The van der Waals surface area contributed by atoms with Gasteiger partial charge < -0.3 is 9.47 Å². The van der Waals surface area contributed by atoms with Crippen LogP contribution in [0.3, 0.4) is 0 Å². The zero-order valence-corrected chi connectivity index (χ0v) is 29.3. The fourth-order valence-electron chi connectivity index (χ4n) is 7.24. The summed E-state index contributed by atoms with van der Waals surface area (Å²) in [6, 6.07) is 68.0. The first kappa shape index (κ1) is 31.9. The molecule has 0 N–H and O–H groups in total. The van der Waals surface area contributed by atoms with Crippen molar-refractivity contribution in [3.05, 3.63) is 188 Å². The molecule has 2 heteroatoms. The standard InChI is InChI=1S/C47H34N2.C2H6/c1-48(40-15-6-3-7-16-40)41-27-23-35(24-28-41)34-19-21-36(22-20-34)39-26-29-45-44(32-39)47-43-18-9-8-13-37(43)25-30-46(47)49(45)42-17-10-14-38(31-42)33-11-4-2-5-12-33;1-2/h2-32H,1H3;1-2H3. The van der Waals surface area contributed by atoms with Crippen molar-refractivity contribution in [1.29, 1.82) is 0 Å². The fraction of sp³-hybridized carbons (Fsp3) is 0.0612. The van der Waals surface area contributed by atoms with Crippen LogP contribution < -0.4 is 4.90 Å². The van der Waals surface area contributed by atoms with Crippen LogP contribution in [0.2, 0.25) is 0 Å². The van der Waals surface area contributed by atoms with E-state index in [0.29, 0.717) is 0 Å². The van der Waals surface area contributed by atoms with E-state index in [1.807, 2.05) is 13.8 Å². The lowest BCUT2D eigenvalue weighted by Crippen LogP contribution is -2.08. The molecule has 0 aliphatic carbocycles. The normalized spacial score (nSPS) is 11.0. The molecular formula is C49H40N2. The van der Waals surface area contributed by atoms with Gasteiger partial charge in [0.05, 0.1) is 11.0 Å². The van der Waals surface area contributed by atoms with Crippen LogP contribution in [0.1, 0.15) is 13.8 Å². The molecule has 0 aliphatic rings. The molecule has 0 saturated heterocycles. The summed E-state index contributed by atoms with van der Waals surface area (Å²) in [7, 11) is 2.11. The van der Waals surface area contributed by atoms with Crippen LogP contribution in [-0.4, -0.2) is 11.6 Å². The van der Waals surface area contributed by atoms with E-state index in [1.54, 1.807) is 0 Å². The first-order valence-corrected chi connectivity index (χ1v) is 17.8. The lowest BCUT2D eigenvalue weighted by molar-refractivity contribution is 1.18. The largest absolute Gasteiger partial charge is 0.345 e. The molecule has 0 fully saturated rings. The van der Waals surface area contributed by atoms with Crippen LogP contribution in [0.5, 0.6) is 0 Å². The van der Waals surface area contributed by atoms with E-state index in [2.05, 4.69) is 205 Å². The molecule has 1 aromatic heterocycles. The quantitative estimate of drug-likeness (QED) is 0.173. The second-order valence-electron chi connectivity index (χ2n) is 12.7. The molecule has 0 radical (unpaired) electrons. The molecular weight excluding hydrogens is 617 g/mol. The Morgan fingerprint density at radius 3 is 1.61 bits per heavy atom. The molecule has 1 heterocycles. The third kappa shape index (κ3) is 5.96. The molecule has 8 aromatic carbocycles. The van der Waals surface area contributed by atoms with Crippen molar-refractivity contribution in [2.75, 3.05) is 11.9 Å². The Bertz CT molecular complexity index is 2580. The van der Waals surface area contributed by atoms with Crippen LogP contribution in [0.15, 0.2) is 188 Å². The smallest absolute Gasteiger partial charge is 0.0547 e. The topological polar surface area (TPSA) is 8.17 Å². The van der Waals surface area contributed by atoms with Gasteiger partial charge in [-0.15, -0.1) is 0 Å². The van der Waals surface area contributed by atoms with Crippen LogP contribution in [0.4, 0.5) is 11.4 Å². The summed E-state index contributed by atoms with van der Waals surface area (Å²) < 4.78 is 2.43. The maximum atomic E-state index is 2.43. The van der Waals surface area contributed by atoms with E-state index in [0.717, 1.165) is 5.69 Å². The molecule has 0 unspecified atom stereocenters. The van der Waals surface area contributed by atoms with Crippen LogP contribution in [-0.2, 0) is 0 Å². The van der Waals surface area contributed by atoms with Gasteiger partial charge in [-0.25, -0.2) is 0 Å². The monoisotopic (exact) mass is 656 g/mol. The predicted molar refractivity (Wildman–Crippen MR) is 220 cm³/mol. The first-order valence-electron chi connectivity index (χ1n) is 17.8. The second kappa shape index (κ2) is 13.9. The van der Waals surface area contributed by atoms with E-state index in [1.165, 1.54) is 77.3 Å². The van der Waals surface area contributed by atoms with E-state index < -0.39 is 0 Å². The van der Waals surface area contributed by atoms with Crippen molar-refractivity contribution < 1.29 is 0 Å². The van der Waals surface area contributed by atoms with Crippen LogP contribution in [0, 0.1) is 0 Å². The van der Waals surface area contributed by atoms with Gasteiger partial charge in [0, 0.05) is 34.9 Å². The van der Waals surface area contributed by atoms with Gasteiger partial charge in [-0.1, -0.05) is 147 Å². The molecule has 9 aromatic rings. The van der Waals surface area contributed by atoms with Crippen molar-refractivity contribution in [2.45, 2.75) is 13.8 Å². The molecule has 0 spiro atoms. The molecule has 246 valence electrons. The van der Waals surface area contributed by atoms with E-state index in [-0.39, 0.29) is 0 Å². The molecule has 0 saturated carbocycles. The zero-order chi connectivity index (χ0) is 34.7. The number of anilines is 2. The minimum Gasteiger partial charge on any atom is -0.345 e. The maximum absolute atomic E-state index is 2.43. The highest BCUT2D eigenvalue weighted by molar-refractivity contribution is 6.21. The van der Waals surface area contributed by atoms with Gasteiger partial charge in [0.25, 0.3) is 0 Å². The number of hydrogen-bond donors (Lipinski definition) is 0. The van der Waals surface area contributed by atoms with Crippen molar-refractivity contribution in [3.8, 4) is 39.1 Å². The van der Waals surface area contributed by atoms with E-state index in [9.17, 15) is 0 Å². The highest BCUT2D eigenvalue weighted by atomic mass is 15.1. The van der Waals surface area contributed by atoms with E-state index >= 15 is 0 Å². The first-order chi connectivity index (χ1) is 25.2. The van der Waals surface area contributed by atoms with Crippen molar-refractivity contribution in [3.63, 3.8) is 0 Å². The Morgan fingerprint density at radius 2 is 0.882 bits per heavy atom.